The van der Waals surface area contributed by atoms with Crippen molar-refractivity contribution in [2.24, 2.45) is 11.3 Å². The van der Waals surface area contributed by atoms with E-state index in [2.05, 4.69) is 35.5 Å². The highest BCUT2D eigenvalue weighted by atomic mass is 16.3. The molecular weight excluding hydrogens is 366 g/mol. The lowest BCUT2D eigenvalue weighted by Gasteiger charge is -2.06. The Hall–Kier alpha value is -2.57. The molecule has 1 saturated carbocycles. The molecule has 1 fully saturated rings. The van der Waals surface area contributed by atoms with Gasteiger partial charge in [0.05, 0.1) is 0 Å². The molecule has 6 heteroatoms. The SMILES string of the molecule is CNC(=O)c1cc(C=O)cc(Cc2cccc(C)c2)n1.CNC1C(CO)C1(C)C. The number of benzene rings is 1. The Morgan fingerprint density at radius 3 is 2.45 bits per heavy atom. The molecule has 0 bridgehead atoms. The number of pyridine rings is 1. The molecule has 1 aromatic heterocycles. The zero-order valence-electron chi connectivity index (χ0n) is 17.8. The van der Waals surface area contributed by atoms with Crippen LogP contribution in [0.5, 0.6) is 0 Å². The Balaban J connectivity index is 0.000000278. The van der Waals surface area contributed by atoms with Crippen LogP contribution in [0.25, 0.3) is 0 Å². The van der Waals surface area contributed by atoms with Gasteiger partial charge in [0, 0.05) is 43.3 Å². The first-order valence-corrected chi connectivity index (χ1v) is 9.78. The number of carbonyl (C=O) groups is 2. The first-order valence-electron chi connectivity index (χ1n) is 9.78. The number of amides is 1. The summed E-state index contributed by atoms with van der Waals surface area (Å²) in [6, 6.07) is 11.8. The summed E-state index contributed by atoms with van der Waals surface area (Å²) in [5.74, 6) is 0.182. The summed E-state index contributed by atoms with van der Waals surface area (Å²) >= 11 is 0. The second kappa shape index (κ2) is 9.76. The van der Waals surface area contributed by atoms with E-state index in [4.69, 9.17) is 5.11 Å². The third kappa shape index (κ3) is 5.71. The van der Waals surface area contributed by atoms with E-state index in [9.17, 15) is 9.59 Å². The Morgan fingerprint density at radius 2 is 1.97 bits per heavy atom. The molecule has 2 aromatic rings. The first kappa shape index (κ1) is 22.7. The van der Waals surface area contributed by atoms with Crippen molar-refractivity contribution in [3.8, 4) is 0 Å². The molecule has 3 rings (SSSR count). The number of aromatic nitrogens is 1. The van der Waals surface area contributed by atoms with Crippen LogP contribution in [0, 0.1) is 18.3 Å². The van der Waals surface area contributed by atoms with Crippen LogP contribution >= 0.6 is 0 Å². The van der Waals surface area contributed by atoms with Crippen LogP contribution in [0.2, 0.25) is 0 Å². The molecule has 3 N–H and O–H groups in total. The maximum absolute atomic E-state index is 11.7. The van der Waals surface area contributed by atoms with Gasteiger partial charge in [0.1, 0.15) is 12.0 Å². The van der Waals surface area contributed by atoms with E-state index < -0.39 is 0 Å². The number of nitrogens with zero attached hydrogens (tertiary/aromatic N) is 1. The van der Waals surface area contributed by atoms with Gasteiger partial charge in [0.25, 0.3) is 5.91 Å². The molecule has 0 saturated heterocycles. The summed E-state index contributed by atoms with van der Waals surface area (Å²) in [7, 11) is 3.49. The summed E-state index contributed by atoms with van der Waals surface area (Å²) in [4.78, 5) is 26.9. The van der Waals surface area contributed by atoms with Crippen LogP contribution in [-0.4, -0.2) is 49.0 Å². The van der Waals surface area contributed by atoms with E-state index in [1.54, 1.807) is 6.07 Å². The largest absolute Gasteiger partial charge is 0.396 e. The maximum atomic E-state index is 11.7. The molecule has 29 heavy (non-hydrogen) atoms. The number of aldehydes is 1. The zero-order chi connectivity index (χ0) is 21.6. The average Bonchev–Trinajstić information content (AvgIpc) is 3.26. The summed E-state index contributed by atoms with van der Waals surface area (Å²) in [5, 5.41) is 14.5. The predicted molar refractivity (Wildman–Crippen MR) is 114 cm³/mol. The molecule has 1 aromatic carbocycles. The van der Waals surface area contributed by atoms with Gasteiger partial charge < -0.3 is 15.7 Å². The fourth-order valence-corrected chi connectivity index (χ4v) is 3.70. The number of carbonyl (C=O) groups excluding carboxylic acids is 2. The Morgan fingerprint density at radius 1 is 1.24 bits per heavy atom. The summed E-state index contributed by atoms with van der Waals surface area (Å²) in [6.45, 7) is 6.69. The number of nitrogens with one attached hydrogen (secondary N) is 2. The van der Waals surface area contributed by atoms with Gasteiger partial charge in [-0.05, 0) is 37.1 Å². The third-order valence-corrected chi connectivity index (χ3v) is 5.52. The minimum Gasteiger partial charge on any atom is -0.396 e. The second-order valence-electron chi connectivity index (χ2n) is 8.02. The average molecular weight is 398 g/mol. The van der Waals surface area contributed by atoms with Gasteiger partial charge >= 0.3 is 0 Å². The van der Waals surface area contributed by atoms with E-state index >= 15 is 0 Å². The van der Waals surface area contributed by atoms with Gasteiger partial charge in [0.15, 0.2) is 0 Å². The lowest BCUT2D eigenvalue weighted by molar-refractivity contribution is 0.0958. The minimum atomic E-state index is -0.292. The van der Waals surface area contributed by atoms with Gasteiger partial charge in [-0.15, -0.1) is 0 Å². The van der Waals surface area contributed by atoms with Crippen molar-refractivity contribution in [1.82, 2.24) is 15.6 Å². The number of hydrogen-bond donors (Lipinski definition) is 3. The summed E-state index contributed by atoms with van der Waals surface area (Å²) < 4.78 is 0. The Bertz CT molecular complexity index is 852. The fourth-order valence-electron chi connectivity index (χ4n) is 3.70. The lowest BCUT2D eigenvalue weighted by atomic mass is 10.1. The van der Waals surface area contributed by atoms with Crippen molar-refractivity contribution in [2.75, 3.05) is 20.7 Å². The van der Waals surface area contributed by atoms with Crippen LogP contribution < -0.4 is 10.6 Å². The van der Waals surface area contributed by atoms with E-state index in [1.807, 2.05) is 32.2 Å². The van der Waals surface area contributed by atoms with Gasteiger partial charge in [-0.25, -0.2) is 4.98 Å². The Labute approximate surface area is 172 Å². The third-order valence-electron chi connectivity index (χ3n) is 5.52. The van der Waals surface area contributed by atoms with Crippen LogP contribution in [0.4, 0.5) is 0 Å². The first-order chi connectivity index (χ1) is 13.8. The topological polar surface area (TPSA) is 91.3 Å². The smallest absolute Gasteiger partial charge is 0.269 e. The van der Waals surface area contributed by atoms with E-state index in [0.29, 0.717) is 41.7 Å². The minimum absolute atomic E-state index is 0.264. The van der Waals surface area contributed by atoms with Crippen LogP contribution in [0.1, 0.15) is 51.5 Å². The zero-order valence-corrected chi connectivity index (χ0v) is 17.8. The molecule has 0 aliphatic heterocycles. The van der Waals surface area contributed by atoms with Crippen molar-refractivity contribution < 1.29 is 14.7 Å². The number of rotatable bonds is 6. The van der Waals surface area contributed by atoms with Crippen molar-refractivity contribution >= 4 is 12.2 Å². The molecule has 1 aliphatic carbocycles. The number of aryl methyl sites for hydroxylation is 1. The van der Waals surface area contributed by atoms with Crippen molar-refractivity contribution in [3.05, 3.63) is 64.5 Å². The van der Waals surface area contributed by atoms with E-state index in [-0.39, 0.29) is 11.6 Å². The van der Waals surface area contributed by atoms with Crippen LogP contribution in [0.3, 0.4) is 0 Å². The number of aliphatic hydroxyl groups is 1. The Kier molecular flexibility index (Phi) is 7.65. The van der Waals surface area contributed by atoms with Gasteiger partial charge in [0.2, 0.25) is 0 Å². The van der Waals surface area contributed by atoms with E-state index in [1.165, 1.54) is 18.7 Å². The normalized spacial score (nSPS) is 19.0. The molecule has 0 radical (unpaired) electrons. The summed E-state index contributed by atoms with van der Waals surface area (Å²) in [5.41, 5.74) is 4.02. The van der Waals surface area contributed by atoms with Gasteiger partial charge in [-0.1, -0.05) is 43.7 Å². The fraction of sp³-hybridized carbons (Fsp3) is 0.435. The molecular formula is C23H31N3O3. The summed E-state index contributed by atoms with van der Waals surface area (Å²) in [6.07, 6.45) is 1.32. The van der Waals surface area contributed by atoms with E-state index in [0.717, 1.165) is 11.8 Å². The standard InChI is InChI=1S/C16H16N2O2.C7H15NO/c1-11-4-3-5-12(6-11)7-14-8-13(10-19)9-15(18-14)16(20)17-2;1-7(2)5(4-9)6(7)8-3/h3-6,8-10H,7H2,1-2H3,(H,17,20);5-6,8-9H,4H2,1-3H3. The lowest BCUT2D eigenvalue weighted by Crippen LogP contribution is -2.20. The molecule has 1 aliphatic rings. The number of aliphatic hydroxyl groups excluding tert-OH is 1. The molecule has 1 amide bonds. The molecule has 2 unspecified atom stereocenters. The van der Waals surface area contributed by atoms with Crippen LogP contribution in [0.15, 0.2) is 36.4 Å². The molecule has 6 nitrogen and oxygen atoms in total. The predicted octanol–water partition coefficient (Wildman–Crippen LogP) is 2.38. The second-order valence-corrected chi connectivity index (χ2v) is 8.02. The van der Waals surface area contributed by atoms with Gasteiger partial charge in [-0.2, -0.15) is 0 Å². The van der Waals surface area contributed by atoms with Gasteiger partial charge in [-0.3, -0.25) is 9.59 Å². The number of hydrogen-bond acceptors (Lipinski definition) is 5. The van der Waals surface area contributed by atoms with Crippen molar-refractivity contribution in [2.45, 2.75) is 33.2 Å². The molecule has 2 atom stereocenters. The van der Waals surface area contributed by atoms with Crippen LogP contribution in [-0.2, 0) is 6.42 Å². The maximum Gasteiger partial charge on any atom is 0.269 e. The molecule has 0 spiro atoms. The van der Waals surface area contributed by atoms with Crippen molar-refractivity contribution in [3.63, 3.8) is 0 Å². The highest BCUT2D eigenvalue weighted by Gasteiger charge is 2.56. The highest BCUT2D eigenvalue weighted by molar-refractivity contribution is 5.93. The monoisotopic (exact) mass is 397 g/mol. The van der Waals surface area contributed by atoms with Crippen molar-refractivity contribution in [1.29, 1.82) is 0 Å². The molecule has 156 valence electrons. The highest BCUT2D eigenvalue weighted by Crippen LogP contribution is 2.51. The molecule has 1 heterocycles. The quantitative estimate of drug-likeness (QED) is 0.651.